The Morgan fingerprint density at radius 1 is 0.733 bits per heavy atom. The van der Waals surface area contributed by atoms with Gasteiger partial charge in [0.2, 0.25) is 0 Å². The highest BCUT2D eigenvalue weighted by atomic mass is 16.7. The first-order valence-electron chi connectivity index (χ1n) is 12.1. The van der Waals surface area contributed by atoms with Crippen molar-refractivity contribution >= 4 is 0 Å². The summed E-state index contributed by atoms with van der Waals surface area (Å²) in [6.07, 6.45) is 4.80. The van der Waals surface area contributed by atoms with Crippen LogP contribution in [0.25, 0.3) is 0 Å². The van der Waals surface area contributed by atoms with Crippen LogP contribution in [0, 0.1) is 17.8 Å². The fraction of sp³-hybridized carbons (Fsp3) is 1.00. The van der Waals surface area contributed by atoms with E-state index < -0.39 is 37.3 Å². The van der Waals surface area contributed by atoms with Crippen molar-refractivity contribution in [2.45, 2.75) is 129 Å². The second-order valence-corrected chi connectivity index (χ2v) is 10.0. The third-order valence-electron chi connectivity index (χ3n) is 6.41. The van der Waals surface area contributed by atoms with Crippen LogP contribution in [-0.2, 0) is 9.47 Å². The summed E-state index contributed by atoms with van der Waals surface area (Å²) in [7, 11) is 0. The summed E-state index contributed by atoms with van der Waals surface area (Å²) >= 11 is 0. The number of hydrogen-bond acceptors (Lipinski definition) is 6. The lowest BCUT2D eigenvalue weighted by Crippen LogP contribution is -2.59. The molecule has 0 aliphatic carbocycles. The van der Waals surface area contributed by atoms with Crippen molar-refractivity contribution in [1.29, 1.82) is 0 Å². The molecule has 30 heavy (non-hydrogen) atoms. The van der Waals surface area contributed by atoms with Crippen LogP contribution in [0.3, 0.4) is 0 Å². The molecule has 0 aromatic heterocycles. The molecule has 0 aromatic carbocycles. The van der Waals surface area contributed by atoms with Crippen LogP contribution in [-0.4, -0.2) is 63.8 Å². The SMILES string of the molecule is CC(C)CCCC(C)CCCC(C)CCCC(C)O[C@H]1C(O)O[C@H](CO)[C@@H](O)[C@@H]1O. The van der Waals surface area contributed by atoms with E-state index in [0.29, 0.717) is 5.92 Å². The minimum atomic E-state index is -1.36. The highest BCUT2D eigenvalue weighted by molar-refractivity contribution is 4.89. The summed E-state index contributed by atoms with van der Waals surface area (Å²) in [6, 6.07) is 0. The van der Waals surface area contributed by atoms with Gasteiger partial charge in [-0.05, 0) is 31.1 Å². The van der Waals surface area contributed by atoms with Crippen molar-refractivity contribution in [2.75, 3.05) is 6.61 Å². The van der Waals surface area contributed by atoms with E-state index in [-0.39, 0.29) is 6.10 Å². The molecule has 1 fully saturated rings. The maximum absolute atomic E-state index is 10.2. The van der Waals surface area contributed by atoms with Crippen LogP contribution in [0.4, 0.5) is 0 Å². The van der Waals surface area contributed by atoms with Crippen LogP contribution in [0.2, 0.25) is 0 Å². The quantitative estimate of drug-likeness (QED) is 0.315. The van der Waals surface area contributed by atoms with Crippen molar-refractivity contribution in [1.82, 2.24) is 0 Å². The molecular formula is C24H48O6. The summed E-state index contributed by atoms with van der Waals surface area (Å²) in [5.41, 5.74) is 0. The Balaban J connectivity index is 2.17. The van der Waals surface area contributed by atoms with Gasteiger partial charge in [-0.3, -0.25) is 0 Å². The minimum Gasteiger partial charge on any atom is -0.394 e. The zero-order valence-corrected chi connectivity index (χ0v) is 19.9. The molecule has 180 valence electrons. The lowest BCUT2D eigenvalue weighted by molar-refractivity contribution is -0.302. The zero-order valence-electron chi connectivity index (χ0n) is 19.9. The van der Waals surface area contributed by atoms with Gasteiger partial charge < -0.3 is 29.9 Å². The molecule has 8 atom stereocenters. The molecule has 0 saturated carbocycles. The lowest BCUT2D eigenvalue weighted by atomic mass is 9.91. The number of aliphatic hydroxyl groups excluding tert-OH is 4. The Morgan fingerprint density at radius 3 is 1.73 bits per heavy atom. The van der Waals surface area contributed by atoms with Crippen LogP contribution in [0.1, 0.15) is 92.4 Å². The van der Waals surface area contributed by atoms with Crippen molar-refractivity contribution < 1.29 is 29.9 Å². The first-order valence-corrected chi connectivity index (χ1v) is 12.1. The average molecular weight is 433 g/mol. The Morgan fingerprint density at radius 2 is 1.23 bits per heavy atom. The Kier molecular flexibility index (Phi) is 13.7. The van der Waals surface area contributed by atoms with Gasteiger partial charge in [0, 0.05) is 0 Å². The Labute approximate surface area is 184 Å². The van der Waals surface area contributed by atoms with Gasteiger partial charge in [0.05, 0.1) is 12.7 Å². The normalized spacial score (nSPS) is 30.4. The molecule has 0 radical (unpaired) electrons. The summed E-state index contributed by atoms with van der Waals surface area (Å²) in [4.78, 5) is 0. The molecule has 0 bridgehead atoms. The molecule has 1 heterocycles. The minimum absolute atomic E-state index is 0.158. The predicted octanol–water partition coefficient (Wildman–Crippen LogP) is 3.63. The topological polar surface area (TPSA) is 99.4 Å². The molecule has 4 unspecified atom stereocenters. The maximum atomic E-state index is 10.2. The molecule has 6 heteroatoms. The molecule has 6 nitrogen and oxygen atoms in total. The van der Waals surface area contributed by atoms with Gasteiger partial charge in [0.1, 0.15) is 24.4 Å². The van der Waals surface area contributed by atoms with E-state index >= 15 is 0 Å². The monoisotopic (exact) mass is 432 g/mol. The van der Waals surface area contributed by atoms with Crippen LogP contribution in [0.5, 0.6) is 0 Å². The van der Waals surface area contributed by atoms with Crippen molar-refractivity contribution in [2.24, 2.45) is 17.8 Å². The van der Waals surface area contributed by atoms with Gasteiger partial charge in [-0.1, -0.05) is 79.1 Å². The molecule has 0 aromatic rings. The predicted molar refractivity (Wildman–Crippen MR) is 119 cm³/mol. The molecule has 1 rings (SSSR count). The van der Waals surface area contributed by atoms with Gasteiger partial charge in [-0.25, -0.2) is 0 Å². The number of hydrogen-bond donors (Lipinski definition) is 4. The smallest absolute Gasteiger partial charge is 0.184 e. The molecule has 0 spiro atoms. The van der Waals surface area contributed by atoms with Crippen LogP contribution >= 0.6 is 0 Å². The summed E-state index contributed by atoms with van der Waals surface area (Å²) in [5.74, 6) is 2.31. The first kappa shape index (κ1) is 27.8. The second kappa shape index (κ2) is 14.8. The van der Waals surface area contributed by atoms with Gasteiger partial charge >= 0.3 is 0 Å². The standard InChI is InChI=1S/C24H48O6/c1-16(2)9-6-10-17(3)11-7-12-18(4)13-8-14-19(5)29-23-22(27)21(26)20(15-25)30-24(23)28/h16-28H,6-15H2,1-5H3/t17?,18?,19?,20-,21-,22+,23-,24?/m1/s1. The summed E-state index contributed by atoms with van der Waals surface area (Å²) in [6.45, 7) is 10.7. The van der Waals surface area contributed by atoms with E-state index in [1.807, 2.05) is 6.92 Å². The van der Waals surface area contributed by atoms with E-state index in [4.69, 9.17) is 14.6 Å². The van der Waals surface area contributed by atoms with Gasteiger partial charge in [0.15, 0.2) is 6.29 Å². The van der Waals surface area contributed by atoms with Gasteiger partial charge in [-0.2, -0.15) is 0 Å². The summed E-state index contributed by atoms with van der Waals surface area (Å²) in [5, 5.41) is 39.3. The third kappa shape index (κ3) is 10.4. The van der Waals surface area contributed by atoms with Crippen LogP contribution in [0.15, 0.2) is 0 Å². The molecule has 4 N–H and O–H groups in total. The number of aliphatic hydroxyl groups is 4. The lowest BCUT2D eigenvalue weighted by Gasteiger charge is -2.40. The van der Waals surface area contributed by atoms with E-state index in [9.17, 15) is 15.3 Å². The van der Waals surface area contributed by atoms with E-state index in [1.165, 1.54) is 38.5 Å². The Bertz CT molecular complexity index is 432. The molecular weight excluding hydrogens is 384 g/mol. The largest absolute Gasteiger partial charge is 0.394 e. The molecule has 1 saturated heterocycles. The fourth-order valence-corrected chi connectivity index (χ4v) is 4.29. The first-order chi connectivity index (χ1) is 14.1. The van der Waals surface area contributed by atoms with Gasteiger partial charge in [0.25, 0.3) is 0 Å². The average Bonchev–Trinajstić information content (AvgIpc) is 2.67. The third-order valence-corrected chi connectivity index (χ3v) is 6.41. The maximum Gasteiger partial charge on any atom is 0.184 e. The van der Waals surface area contributed by atoms with Crippen molar-refractivity contribution in [3.63, 3.8) is 0 Å². The Hall–Kier alpha value is -0.240. The second-order valence-electron chi connectivity index (χ2n) is 10.0. The van der Waals surface area contributed by atoms with Gasteiger partial charge in [-0.15, -0.1) is 0 Å². The fourth-order valence-electron chi connectivity index (χ4n) is 4.29. The summed E-state index contributed by atoms with van der Waals surface area (Å²) < 4.78 is 10.9. The zero-order chi connectivity index (χ0) is 22.7. The van der Waals surface area contributed by atoms with E-state index in [2.05, 4.69) is 27.7 Å². The van der Waals surface area contributed by atoms with Crippen molar-refractivity contribution in [3.8, 4) is 0 Å². The van der Waals surface area contributed by atoms with Crippen LogP contribution < -0.4 is 0 Å². The van der Waals surface area contributed by atoms with Crippen molar-refractivity contribution in [3.05, 3.63) is 0 Å². The number of ether oxygens (including phenoxy) is 2. The molecule has 1 aliphatic rings. The molecule has 1 aliphatic heterocycles. The number of rotatable bonds is 15. The molecule has 0 amide bonds. The highest BCUT2D eigenvalue weighted by Crippen LogP contribution is 2.25. The van der Waals surface area contributed by atoms with E-state index in [1.54, 1.807) is 0 Å². The van der Waals surface area contributed by atoms with E-state index in [0.717, 1.165) is 31.1 Å². The highest BCUT2D eigenvalue weighted by Gasteiger charge is 2.44.